The summed E-state index contributed by atoms with van der Waals surface area (Å²) < 4.78 is 5.71. The highest BCUT2D eigenvalue weighted by atomic mass is 35.5. The summed E-state index contributed by atoms with van der Waals surface area (Å²) in [6, 6.07) is 7.42. The third kappa shape index (κ3) is 6.16. The molecule has 0 unspecified atom stereocenters. The largest absolute Gasteiger partial charge is 0.441 e. The summed E-state index contributed by atoms with van der Waals surface area (Å²) in [7, 11) is 0. The van der Waals surface area contributed by atoms with Crippen LogP contribution >= 0.6 is 36.4 Å². The molecule has 5 nitrogen and oxygen atoms in total. The highest BCUT2D eigenvalue weighted by Gasteiger charge is 2.26. The van der Waals surface area contributed by atoms with Crippen LogP contribution in [0.1, 0.15) is 39.0 Å². The van der Waals surface area contributed by atoms with Gasteiger partial charge in [0.1, 0.15) is 0 Å². The van der Waals surface area contributed by atoms with Crippen LogP contribution in [0, 0.1) is 0 Å². The maximum absolute atomic E-state index is 12.2. The van der Waals surface area contributed by atoms with Crippen LogP contribution in [0.25, 0.3) is 11.3 Å². The Balaban J connectivity index is 0.00000312. The molecule has 0 radical (unpaired) electrons. The van der Waals surface area contributed by atoms with Gasteiger partial charge in [0.25, 0.3) is 0 Å². The second kappa shape index (κ2) is 11.4. The van der Waals surface area contributed by atoms with Gasteiger partial charge in [-0.1, -0.05) is 37.6 Å². The van der Waals surface area contributed by atoms with Gasteiger partial charge in [-0.2, -0.15) is 0 Å². The number of nitrogens with one attached hydrogen (secondary N) is 1. The normalized spacial score (nSPS) is 10.6. The molecule has 0 saturated carbocycles. The van der Waals surface area contributed by atoms with E-state index >= 15 is 0 Å². The van der Waals surface area contributed by atoms with Gasteiger partial charge in [-0.25, -0.2) is 4.98 Å². The number of nitrogens with two attached hydrogens (primary N) is 1. The van der Waals surface area contributed by atoms with Gasteiger partial charge >= 0.3 is 0 Å². The van der Waals surface area contributed by atoms with E-state index in [9.17, 15) is 4.79 Å². The summed E-state index contributed by atoms with van der Waals surface area (Å²) in [5.74, 6) is 1.09. The van der Waals surface area contributed by atoms with E-state index in [2.05, 4.69) is 10.3 Å². The molecule has 0 aliphatic heterocycles. The second-order valence-corrected chi connectivity index (χ2v) is 6.25. The van der Waals surface area contributed by atoms with Crippen molar-refractivity contribution >= 4 is 42.3 Å². The molecule has 0 fully saturated rings. The number of benzene rings is 1. The number of carbonyl (C=O) groups excluding carboxylic acids is 1. The van der Waals surface area contributed by atoms with Crippen molar-refractivity contribution in [1.82, 2.24) is 10.3 Å². The number of aryl methyl sites for hydroxylation is 1. The van der Waals surface area contributed by atoms with Crippen LogP contribution in [-0.4, -0.2) is 23.0 Å². The number of rotatable bonds is 8. The Hall–Kier alpha value is -1.27. The predicted octanol–water partition coefficient (Wildman–Crippen LogP) is 4.40. The van der Waals surface area contributed by atoms with Gasteiger partial charge in [0.15, 0.2) is 11.7 Å². The van der Waals surface area contributed by atoms with E-state index in [-0.39, 0.29) is 36.3 Å². The molecule has 1 aromatic carbocycles. The molecular formula is C18H26Cl3N3O2. The van der Waals surface area contributed by atoms with Gasteiger partial charge in [-0.3, -0.25) is 4.79 Å². The van der Waals surface area contributed by atoms with Crippen LogP contribution in [-0.2, 0) is 11.2 Å². The molecule has 1 heterocycles. The zero-order valence-corrected chi connectivity index (χ0v) is 17.3. The summed E-state index contributed by atoms with van der Waals surface area (Å²) in [6.07, 6.45) is 3.99. The number of aromatic nitrogens is 1. The van der Waals surface area contributed by atoms with E-state index in [1.807, 2.05) is 32.0 Å². The van der Waals surface area contributed by atoms with E-state index in [1.165, 1.54) is 0 Å². The lowest BCUT2D eigenvalue weighted by Crippen LogP contribution is -2.52. The Morgan fingerprint density at radius 3 is 2.50 bits per heavy atom. The van der Waals surface area contributed by atoms with Crippen LogP contribution in [0.4, 0.5) is 0 Å². The maximum atomic E-state index is 12.2. The molecule has 146 valence electrons. The molecular weight excluding hydrogens is 397 g/mol. The molecule has 0 atom stereocenters. The monoisotopic (exact) mass is 421 g/mol. The third-order valence-electron chi connectivity index (χ3n) is 4.41. The number of oxazole rings is 1. The molecule has 0 aliphatic rings. The first-order valence-electron chi connectivity index (χ1n) is 8.24. The first-order valence-corrected chi connectivity index (χ1v) is 8.62. The smallest absolute Gasteiger partial charge is 0.220 e. The minimum Gasteiger partial charge on any atom is -0.441 e. The number of amides is 1. The summed E-state index contributed by atoms with van der Waals surface area (Å²) in [5.41, 5.74) is 6.28. The zero-order chi connectivity index (χ0) is 17.6. The van der Waals surface area contributed by atoms with Crippen LogP contribution in [0.2, 0.25) is 5.02 Å². The highest BCUT2D eigenvalue weighted by molar-refractivity contribution is 6.33. The zero-order valence-electron chi connectivity index (χ0n) is 15.0. The topological polar surface area (TPSA) is 81.1 Å². The minimum absolute atomic E-state index is 0. The van der Waals surface area contributed by atoms with E-state index in [1.54, 1.807) is 12.3 Å². The van der Waals surface area contributed by atoms with Crippen molar-refractivity contribution in [2.75, 3.05) is 6.54 Å². The summed E-state index contributed by atoms with van der Waals surface area (Å²) >= 11 is 6.15. The van der Waals surface area contributed by atoms with E-state index in [0.717, 1.165) is 18.4 Å². The van der Waals surface area contributed by atoms with E-state index in [0.29, 0.717) is 36.1 Å². The molecule has 26 heavy (non-hydrogen) atoms. The van der Waals surface area contributed by atoms with Gasteiger partial charge in [-0.15, -0.1) is 24.8 Å². The fourth-order valence-corrected chi connectivity index (χ4v) is 2.79. The second-order valence-electron chi connectivity index (χ2n) is 5.84. The third-order valence-corrected chi connectivity index (χ3v) is 4.74. The van der Waals surface area contributed by atoms with Crippen molar-refractivity contribution in [2.24, 2.45) is 5.73 Å². The predicted molar refractivity (Wildman–Crippen MR) is 110 cm³/mol. The fraction of sp³-hybridized carbons (Fsp3) is 0.444. The van der Waals surface area contributed by atoms with E-state index < -0.39 is 0 Å². The molecule has 0 bridgehead atoms. The number of hydrogen-bond acceptors (Lipinski definition) is 4. The van der Waals surface area contributed by atoms with Crippen molar-refractivity contribution in [2.45, 2.75) is 45.1 Å². The molecule has 1 amide bonds. The minimum atomic E-state index is -0.323. The Morgan fingerprint density at radius 2 is 1.92 bits per heavy atom. The number of hydrogen-bond donors (Lipinski definition) is 2. The Kier molecular flexibility index (Phi) is 10.9. The first-order chi connectivity index (χ1) is 11.5. The van der Waals surface area contributed by atoms with Gasteiger partial charge in [0, 0.05) is 24.9 Å². The first kappa shape index (κ1) is 24.7. The highest BCUT2D eigenvalue weighted by Crippen LogP contribution is 2.28. The lowest BCUT2D eigenvalue weighted by Gasteiger charge is -2.31. The molecule has 1 aromatic heterocycles. The van der Waals surface area contributed by atoms with E-state index in [4.69, 9.17) is 21.8 Å². The van der Waals surface area contributed by atoms with Gasteiger partial charge < -0.3 is 15.5 Å². The van der Waals surface area contributed by atoms with Crippen molar-refractivity contribution in [3.63, 3.8) is 0 Å². The average Bonchev–Trinajstić information content (AvgIpc) is 3.07. The lowest BCUT2D eigenvalue weighted by atomic mass is 9.92. The van der Waals surface area contributed by atoms with Gasteiger partial charge in [0.05, 0.1) is 16.8 Å². The number of carbonyl (C=O) groups is 1. The molecule has 2 aromatic rings. The average molecular weight is 423 g/mol. The molecule has 2 rings (SSSR count). The van der Waals surface area contributed by atoms with Crippen molar-refractivity contribution in [1.29, 1.82) is 0 Å². The summed E-state index contributed by atoms with van der Waals surface area (Å²) in [5, 5.41) is 3.65. The van der Waals surface area contributed by atoms with Crippen LogP contribution in [0.3, 0.4) is 0 Å². The standard InChI is InChI=1S/C18H24ClN3O2.2ClH/c1-3-18(4-2,12-20)22-16(23)9-10-17-21-11-15(24-17)13-7-5-6-8-14(13)19;;/h5-8,11H,3-4,9-10,12,20H2,1-2H3,(H,22,23);2*1H. The van der Waals surface area contributed by atoms with Gasteiger partial charge in [-0.05, 0) is 25.0 Å². The Morgan fingerprint density at radius 1 is 1.27 bits per heavy atom. The Bertz CT molecular complexity index is 680. The van der Waals surface area contributed by atoms with Crippen LogP contribution < -0.4 is 11.1 Å². The molecule has 8 heteroatoms. The van der Waals surface area contributed by atoms with Crippen LogP contribution in [0.5, 0.6) is 0 Å². The fourth-order valence-electron chi connectivity index (χ4n) is 2.56. The maximum Gasteiger partial charge on any atom is 0.220 e. The van der Waals surface area contributed by atoms with Gasteiger partial charge in [0.2, 0.25) is 5.91 Å². The Labute approximate surface area is 171 Å². The van der Waals surface area contributed by atoms with Crippen LogP contribution in [0.15, 0.2) is 34.9 Å². The molecule has 3 N–H and O–H groups in total. The van der Waals surface area contributed by atoms with Crippen molar-refractivity contribution in [3.05, 3.63) is 41.4 Å². The molecule has 0 saturated heterocycles. The molecule has 0 aliphatic carbocycles. The number of halogens is 3. The summed E-state index contributed by atoms with van der Waals surface area (Å²) in [6.45, 7) is 4.49. The summed E-state index contributed by atoms with van der Waals surface area (Å²) in [4.78, 5) is 16.4. The van der Waals surface area contributed by atoms with Crippen molar-refractivity contribution < 1.29 is 9.21 Å². The quantitative estimate of drug-likeness (QED) is 0.660. The van der Waals surface area contributed by atoms with Crippen molar-refractivity contribution in [3.8, 4) is 11.3 Å². The number of nitrogens with zero attached hydrogens (tertiary/aromatic N) is 1. The molecule has 0 spiro atoms. The lowest BCUT2D eigenvalue weighted by molar-refractivity contribution is -0.123. The SMILES string of the molecule is CCC(CC)(CN)NC(=O)CCc1ncc(-c2ccccc2Cl)o1.Cl.Cl.